The van der Waals surface area contributed by atoms with Gasteiger partial charge in [0.1, 0.15) is 48.8 Å². The largest absolute Gasteiger partial charge is 0.474 e. The molecular formula is C15H29O14P. The van der Waals surface area contributed by atoms with Crippen molar-refractivity contribution in [3.05, 3.63) is 0 Å². The zero-order valence-electron chi connectivity index (χ0n) is 16.6. The molecule has 10 atom stereocenters. The van der Waals surface area contributed by atoms with Crippen molar-refractivity contribution in [3.8, 4) is 0 Å². The first-order valence-corrected chi connectivity index (χ1v) is 10.4. The average Bonchev–Trinajstić information content (AvgIpc) is 2.75. The number of methoxy groups -OCH3 is 1. The summed E-state index contributed by atoms with van der Waals surface area (Å²) in [5.41, 5.74) is 0. The van der Waals surface area contributed by atoms with Crippen LogP contribution in [0.1, 0.15) is 0 Å². The topological polar surface area (TPSA) is 203 Å². The molecule has 2 saturated heterocycles. The maximum absolute atomic E-state index is 12.0. The number of hydrogen-bond acceptors (Lipinski definition) is 14. The lowest BCUT2D eigenvalue weighted by atomic mass is 9.98. The van der Waals surface area contributed by atoms with Crippen LogP contribution in [0, 0.1) is 0 Å². The third-order valence-corrected chi connectivity index (χ3v) is 6.24. The minimum absolute atomic E-state index is 0.540. The molecule has 2 aliphatic rings. The maximum Gasteiger partial charge on any atom is 0.474 e. The van der Waals surface area contributed by atoms with Crippen molar-refractivity contribution in [1.82, 2.24) is 0 Å². The van der Waals surface area contributed by atoms with Gasteiger partial charge in [-0.25, -0.2) is 4.57 Å². The van der Waals surface area contributed by atoms with Gasteiger partial charge in [-0.05, 0) is 0 Å². The van der Waals surface area contributed by atoms with Gasteiger partial charge in [-0.2, -0.15) is 0 Å². The van der Waals surface area contributed by atoms with Crippen molar-refractivity contribution < 1.29 is 67.7 Å². The number of phosphoric ester groups is 1. The fourth-order valence-corrected chi connectivity index (χ4v) is 3.75. The number of aliphatic hydroxyl groups is 6. The van der Waals surface area contributed by atoms with Gasteiger partial charge >= 0.3 is 7.82 Å². The molecule has 0 bridgehead atoms. The summed E-state index contributed by atoms with van der Waals surface area (Å²) >= 11 is 0. The summed E-state index contributed by atoms with van der Waals surface area (Å²) in [5.74, 6) is 0. The van der Waals surface area contributed by atoms with Crippen LogP contribution >= 0.6 is 7.82 Å². The Kier molecular flexibility index (Phi) is 9.55. The molecule has 0 radical (unpaired) electrons. The maximum atomic E-state index is 12.0. The van der Waals surface area contributed by atoms with Crippen molar-refractivity contribution in [2.24, 2.45) is 0 Å². The monoisotopic (exact) mass is 464 g/mol. The Hall–Kier alpha value is -0.290. The first-order chi connectivity index (χ1) is 14.1. The Morgan fingerprint density at radius 1 is 0.800 bits per heavy atom. The molecule has 10 unspecified atom stereocenters. The molecule has 2 aliphatic heterocycles. The van der Waals surface area contributed by atoms with E-state index >= 15 is 0 Å². The van der Waals surface area contributed by atoms with Crippen LogP contribution in [0.15, 0.2) is 0 Å². The van der Waals surface area contributed by atoms with Crippen LogP contribution < -0.4 is 0 Å². The Balaban J connectivity index is 2.13. The van der Waals surface area contributed by atoms with Gasteiger partial charge < -0.3 is 49.6 Å². The first kappa shape index (κ1) is 26.0. The molecule has 15 heteroatoms. The fraction of sp³-hybridized carbons (Fsp3) is 1.00. The molecule has 178 valence electrons. The lowest BCUT2D eigenvalue weighted by Crippen LogP contribution is -2.64. The second-order valence-corrected chi connectivity index (χ2v) is 8.55. The Labute approximate surface area is 172 Å². The van der Waals surface area contributed by atoms with Crippen molar-refractivity contribution in [1.29, 1.82) is 0 Å². The third kappa shape index (κ3) is 5.54. The van der Waals surface area contributed by atoms with E-state index in [1.807, 2.05) is 0 Å². The highest BCUT2D eigenvalue weighted by molar-refractivity contribution is 7.48. The van der Waals surface area contributed by atoms with Crippen molar-refractivity contribution >= 4 is 7.82 Å². The molecule has 14 nitrogen and oxygen atoms in total. The molecule has 0 saturated carbocycles. The summed E-state index contributed by atoms with van der Waals surface area (Å²) < 4.78 is 47.6. The van der Waals surface area contributed by atoms with Crippen LogP contribution in [0.3, 0.4) is 0 Å². The highest BCUT2D eigenvalue weighted by Gasteiger charge is 2.50. The van der Waals surface area contributed by atoms with Crippen molar-refractivity contribution in [2.45, 2.75) is 61.4 Å². The Bertz CT molecular complexity index is 570. The molecule has 0 spiro atoms. The molecule has 0 aromatic carbocycles. The van der Waals surface area contributed by atoms with E-state index in [4.69, 9.17) is 23.5 Å². The predicted molar refractivity (Wildman–Crippen MR) is 93.9 cm³/mol. The lowest BCUT2D eigenvalue weighted by molar-refractivity contribution is -0.378. The molecular weight excluding hydrogens is 435 g/mol. The third-order valence-electron chi connectivity index (χ3n) is 4.88. The summed E-state index contributed by atoms with van der Waals surface area (Å²) in [6, 6.07) is 0. The van der Waals surface area contributed by atoms with Gasteiger partial charge in [0.2, 0.25) is 0 Å². The smallest absolute Gasteiger partial charge is 0.394 e. The van der Waals surface area contributed by atoms with Gasteiger partial charge in [-0.1, -0.05) is 0 Å². The van der Waals surface area contributed by atoms with E-state index in [9.17, 15) is 35.2 Å². The SMILES string of the molecule is COC1C(OC2OC(CO)C(O)C(O)C2O)OC(COP(=O)(OC)OC)C(O)C1O. The van der Waals surface area contributed by atoms with Crippen molar-refractivity contribution in [3.63, 3.8) is 0 Å². The van der Waals surface area contributed by atoms with Gasteiger partial charge in [0.25, 0.3) is 0 Å². The summed E-state index contributed by atoms with van der Waals surface area (Å²) in [7, 11) is -0.530. The molecule has 2 rings (SSSR count). The predicted octanol–water partition coefficient (Wildman–Crippen LogP) is -3.32. The van der Waals surface area contributed by atoms with E-state index in [1.54, 1.807) is 0 Å². The summed E-state index contributed by atoms with van der Waals surface area (Å²) in [6.45, 7) is -1.21. The van der Waals surface area contributed by atoms with Gasteiger partial charge in [0, 0.05) is 21.3 Å². The zero-order valence-corrected chi connectivity index (χ0v) is 17.5. The minimum atomic E-state index is -3.91. The van der Waals surface area contributed by atoms with E-state index in [0.717, 1.165) is 14.2 Å². The van der Waals surface area contributed by atoms with Crippen molar-refractivity contribution in [2.75, 3.05) is 34.5 Å². The fourth-order valence-electron chi connectivity index (χ4n) is 3.06. The van der Waals surface area contributed by atoms with E-state index in [2.05, 4.69) is 9.05 Å². The number of phosphoric acid groups is 1. The number of hydrogen-bond donors (Lipinski definition) is 6. The van der Waals surface area contributed by atoms with Gasteiger partial charge in [-0.3, -0.25) is 13.6 Å². The number of aliphatic hydroxyl groups excluding tert-OH is 6. The summed E-state index contributed by atoms with van der Waals surface area (Å²) in [4.78, 5) is 0. The van der Waals surface area contributed by atoms with Crippen LogP contribution in [0.2, 0.25) is 0 Å². The van der Waals surface area contributed by atoms with E-state index < -0.39 is 82.4 Å². The van der Waals surface area contributed by atoms with Crippen LogP contribution in [0.4, 0.5) is 0 Å². The molecule has 0 aliphatic carbocycles. The average molecular weight is 464 g/mol. The van der Waals surface area contributed by atoms with Crippen LogP contribution in [-0.4, -0.2) is 127 Å². The van der Waals surface area contributed by atoms with Crippen LogP contribution in [0.25, 0.3) is 0 Å². The van der Waals surface area contributed by atoms with Gasteiger partial charge in [0.05, 0.1) is 13.2 Å². The van der Waals surface area contributed by atoms with E-state index in [-0.39, 0.29) is 0 Å². The molecule has 0 aromatic heterocycles. The molecule has 2 fully saturated rings. The van der Waals surface area contributed by atoms with E-state index in [0.29, 0.717) is 0 Å². The highest BCUT2D eigenvalue weighted by Crippen LogP contribution is 2.48. The minimum Gasteiger partial charge on any atom is -0.394 e. The first-order valence-electron chi connectivity index (χ1n) is 8.98. The summed E-state index contributed by atoms with van der Waals surface area (Å²) in [5, 5.41) is 59.7. The zero-order chi connectivity index (χ0) is 22.6. The van der Waals surface area contributed by atoms with Gasteiger partial charge in [0.15, 0.2) is 12.6 Å². The van der Waals surface area contributed by atoms with Crippen LogP contribution in [-0.2, 0) is 37.1 Å². The molecule has 0 aromatic rings. The molecule has 0 amide bonds. The normalized spacial score (nSPS) is 43.0. The lowest BCUT2D eigenvalue weighted by Gasteiger charge is -2.45. The van der Waals surface area contributed by atoms with E-state index in [1.165, 1.54) is 7.11 Å². The standard InChI is InChI=1S/C15H29O14P/c1-23-13-11(20)9(18)7(5-26-30(22,24-2)25-3)28-15(13)29-14-12(21)10(19)8(17)6(4-16)27-14/h6-21H,4-5H2,1-3H3. The second-order valence-electron chi connectivity index (χ2n) is 6.67. The molecule has 2 heterocycles. The quantitative estimate of drug-likeness (QED) is 0.185. The number of ether oxygens (including phenoxy) is 4. The summed E-state index contributed by atoms with van der Waals surface area (Å²) in [6.07, 6.45) is -15.0. The van der Waals surface area contributed by atoms with Crippen LogP contribution in [0.5, 0.6) is 0 Å². The molecule has 6 N–H and O–H groups in total. The molecule has 30 heavy (non-hydrogen) atoms. The number of rotatable bonds is 9. The Morgan fingerprint density at radius 2 is 1.37 bits per heavy atom. The highest BCUT2D eigenvalue weighted by atomic mass is 31.2. The van der Waals surface area contributed by atoms with Gasteiger partial charge in [-0.15, -0.1) is 0 Å². The second kappa shape index (κ2) is 11.0. The Morgan fingerprint density at radius 3 is 1.90 bits per heavy atom.